The number of nitrogens with zero attached hydrogens (tertiary/aromatic N) is 1. The first-order valence-corrected chi connectivity index (χ1v) is 8.23. The average molecular weight is 345 g/mol. The molecule has 1 heterocycles. The summed E-state index contributed by atoms with van der Waals surface area (Å²) in [5, 5.41) is 13.4. The van der Waals surface area contributed by atoms with Gasteiger partial charge in [-0.05, 0) is 36.6 Å². The summed E-state index contributed by atoms with van der Waals surface area (Å²) in [6.07, 6.45) is 2.82. The maximum absolute atomic E-state index is 14.8. The lowest BCUT2D eigenvalue weighted by Gasteiger charge is -2.21. The molecular formula is C19H18ClFN2O. The third-order valence-corrected chi connectivity index (χ3v) is 4.31. The van der Waals surface area contributed by atoms with Gasteiger partial charge in [0.05, 0.1) is 16.8 Å². The number of pyridine rings is 1. The van der Waals surface area contributed by atoms with Crippen LogP contribution >= 0.6 is 11.6 Å². The fraction of sp³-hybridized carbons (Fsp3) is 0.211. The second-order valence-electron chi connectivity index (χ2n) is 5.59. The zero-order valence-electron chi connectivity index (χ0n) is 13.0. The molecule has 1 aromatic heterocycles. The van der Waals surface area contributed by atoms with E-state index >= 15 is 0 Å². The first-order chi connectivity index (χ1) is 11.7. The Hall–Kier alpha value is -2.17. The van der Waals surface area contributed by atoms with Crippen LogP contribution in [0.5, 0.6) is 0 Å². The minimum atomic E-state index is -0.417. The maximum Gasteiger partial charge on any atom is 0.172 e. The maximum atomic E-state index is 14.8. The SMILES string of the molecule is OCCCC(Nc1ccc2c(Cl)ccnc2c1F)c1ccccc1. The number of aliphatic hydroxyl groups excluding tert-OH is 1. The number of anilines is 1. The van der Waals surface area contributed by atoms with Gasteiger partial charge in [0.15, 0.2) is 5.82 Å². The molecule has 0 spiro atoms. The molecule has 2 aromatic carbocycles. The normalized spacial score (nSPS) is 12.3. The molecule has 24 heavy (non-hydrogen) atoms. The Balaban J connectivity index is 1.95. The molecule has 5 heteroatoms. The minimum Gasteiger partial charge on any atom is -0.396 e. The number of rotatable bonds is 6. The van der Waals surface area contributed by atoms with E-state index in [9.17, 15) is 4.39 Å². The highest BCUT2D eigenvalue weighted by molar-refractivity contribution is 6.35. The molecule has 1 atom stereocenters. The molecule has 0 bridgehead atoms. The van der Waals surface area contributed by atoms with Crippen LogP contribution < -0.4 is 5.32 Å². The Labute approximate surface area is 145 Å². The van der Waals surface area contributed by atoms with E-state index in [2.05, 4.69) is 10.3 Å². The fourth-order valence-corrected chi connectivity index (χ4v) is 2.96. The van der Waals surface area contributed by atoms with Crippen molar-refractivity contribution in [3.63, 3.8) is 0 Å². The predicted octanol–water partition coefficient (Wildman–Crippen LogP) is 4.95. The number of aliphatic hydroxyl groups is 1. The summed E-state index contributed by atoms with van der Waals surface area (Å²) in [7, 11) is 0. The average Bonchev–Trinajstić information content (AvgIpc) is 2.62. The number of hydrogen-bond donors (Lipinski definition) is 2. The Morgan fingerprint density at radius 1 is 1.12 bits per heavy atom. The van der Waals surface area contributed by atoms with Gasteiger partial charge in [0.1, 0.15) is 5.52 Å². The van der Waals surface area contributed by atoms with Crippen molar-refractivity contribution < 1.29 is 9.50 Å². The first-order valence-electron chi connectivity index (χ1n) is 7.85. The number of benzene rings is 2. The van der Waals surface area contributed by atoms with Gasteiger partial charge in [-0.25, -0.2) is 4.39 Å². The van der Waals surface area contributed by atoms with Crippen molar-refractivity contribution in [3.05, 3.63) is 71.1 Å². The molecule has 0 aliphatic carbocycles. The highest BCUT2D eigenvalue weighted by atomic mass is 35.5. The van der Waals surface area contributed by atoms with Crippen LogP contribution in [0.25, 0.3) is 10.9 Å². The van der Waals surface area contributed by atoms with Gasteiger partial charge in [-0.15, -0.1) is 0 Å². The Kier molecular flexibility index (Phi) is 5.28. The summed E-state index contributed by atoms with van der Waals surface area (Å²) in [5.41, 5.74) is 1.68. The van der Waals surface area contributed by atoms with Gasteiger partial charge in [0.2, 0.25) is 0 Å². The lowest BCUT2D eigenvalue weighted by molar-refractivity contribution is 0.281. The molecule has 0 aliphatic heterocycles. The zero-order valence-corrected chi connectivity index (χ0v) is 13.8. The highest BCUT2D eigenvalue weighted by Crippen LogP contribution is 2.31. The van der Waals surface area contributed by atoms with E-state index in [4.69, 9.17) is 16.7 Å². The number of hydrogen-bond acceptors (Lipinski definition) is 3. The molecular weight excluding hydrogens is 327 g/mol. The van der Waals surface area contributed by atoms with Crippen molar-refractivity contribution in [2.75, 3.05) is 11.9 Å². The molecule has 124 valence electrons. The summed E-state index contributed by atoms with van der Waals surface area (Å²) >= 11 is 6.10. The number of aromatic nitrogens is 1. The number of fused-ring (bicyclic) bond motifs is 1. The molecule has 0 radical (unpaired) electrons. The molecule has 2 N–H and O–H groups in total. The van der Waals surface area contributed by atoms with Crippen molar-refractivity contribution in [3.8, 4) is 0 Å². The highest BCUT2D eigenvalue weighted by Gasteiger charge is 2.16. The first kappa shape index (κ1) is 16.7. The topological polar surface area (TPSA) is 45.1 Å². The Morgan fingerprint density at radius 3 is 2.67 bits per heavy atom. The standard InChI is InChI=1S/C19H18ClFN2O/c20-15-10-11-22-19-14(15)8-9-17(18(19)21)23-16(7-4-12-24)13-5-2-1-3-6-13/h1-3,5-6,8-11,16,23-24H,4,7,12H2. The van der Waals surface area contributed by atoms with Crippen molar-refractivity contribution in [2.24, 2.45) is 0 Å². The molecule has 0 saturated heterocycles. The third kappa shape index (κ3) is 3.50. The molecule has 0 saturated carbocycles. The molecule has 3 nitrogen and oxygen atoms in total. The fourth-order valence-electron chi connectivity index (χ4n) is 2.75. The van der Waals surface area contributed by atoms with Crippen LogP contribution in [0.1, 0.15) is 24.4 Å². The van der Waals surface area contributed by atoms with Crippen LogP contribution in [0.4, 0.5) is 10.1 Å². The Bertz CT molecular complexity index is 826. The van der Waals surface area contributed by atoms with Crippen LogP contribution in [-0.2, 0) is 0 Å². The van der Waals surface area contributed by atoms with E-state index in [0.717, 1.165) is 5.56 Å². The van der Waals surface area contributed by atoms with Gasteiger partial charge in [-0.2, -0.15) is 0 Å². The summed E-state index contributed by atoms with van der Waals surface area (Å²) in [4.78, 5) is 4.10. The van der Waals surface area contributed by atoms with Gasteiger partial charge >= 0.3 is 0 Å². The van der Waals surface area contributed by atoms with Crippen LogP contribution in [0.15, 0.2) is 54.7 Å². The third-order valence-electron chi connectivity index (χ3n) is 3.98. The molecule has 0 aliphatic rings. The van der Waals surface area contributed by atoms with Crippen molar-refractivity contribution in [2.45, 2.75) is 18.9 Å². The number of nitrogens with one attached hydrogen (secondary N) is 1. The van der Waals surface area contributed by atoms with Crippen molar-refractivity contribution in [1.29, 1.82) is 0 Å². The smallest absolute Gasteiger partial charge is 0.172 e. The molecule has 3 aromatic rings. The predicted molar refractivity (Wildman–Crippen MR) is 95.8 cm³/mol. The second kappa shape index (κ2) is 7.60. The number of halogens is 2. The van der Waals surface area contributed by atoms with Gasteiger partial charge < -0.3 is 10.4 Å². The summed E-state index contributed by atoms with van der Waals surface area (Å²) in [6, 6.07) is 14.8. The van der Waals surface area contributed by atoms with Crippen LogP contribution in [0.2, 0.25) is 5.02 Å². The Morgan fingerprint density at radius 2 is 1.92 bits per heavy atom. The second-order valence-corrected chi connectivity index (χ2v) is 6.00. The molecule has 0 fully saturated rings. The van der Waals surface area contributed by atoms with Gasteiger partial charge in [0, 0.05) is 18.2 Å². The van der Waals surface area contributed by atoms with Crippen molar-refractivity contribution >= 4 is 28.2 Å². The lowest BCUT2D eigenvalue weighted by Crippen LogP contribution is -2.12. The molecule has 1 unspecified atom stereocenters. The lowest BCUT2D eigenvalue weighted by atomic mass is 10.0. The van der Waals surface area contributed by atoms with E-state index in [-0.39, 0.29) is 18.2 Å². The summed E-state index contributed by atoms with van der Waals surface area (Å²) in [5.74, 6) is -0.417. The van der Waals surface area contributed by atoms with Crippen LogP contribution in [-0.4, -0.2) is 16.7 Å². The van der Waals surface area contributed by atoms with Gasteiger partial charge in [-0.3, -0.25) is 4.98 Å². The minimum absolute atomic E-state index is 0.0931. The van der Waals surface area contributed by atoms with E-state index in [1.807, 2.05) is 30.3 Å². The molecule has 0 amide bonds. The van der Waals surface area contributed by atoms with Crippen LogP contribution in [0, 0.1) is 5.82 Å². The zero-order chi connectivity index (χ0) is 16.9. The van der Waals surface area contributed by atoms with E-state index in [0.29, 0.717) is 28.9 Å². The van der Waals surface area contributed by atoms with Crippen molar-refractivity contribution in [1.82, 2.24) is 4.98 Å². The van der Waals surface area contributed by atoms with Gasteiger partial charge in [-0.1, -0.05) is 41.9 Å². The summed E-state index contributed by atoms with van der Waals surface area (Å²) < 4.78 is 14.8. The monoisotopic (exact) mass is 344 g/mol. The van der Waals surface area contributed by atoms with E-state index in [1.54, 1.807) is 18.2 Å². The molecule has 3 rings (SSSR count). The van der Waals surface area contributed by atoms with Crippen LogP contribution in [0.3, 0.4) is 0 Å². The van der Waals surface area contributed by atoms with E-state index < -0.39 is 5.82 Å². The van der Waals surface area contributed by atoms with Gasteiger partial charge in [0.25, 0.3) is 0 Å². The largest absolute Gasteiger partial charge is 0.396 e. The summed E-state index contributed by atoms with van der Waals surface area (Å²) in [6.45, 7) is 0.0996. The van der Waals surface area contributed by atoms with E-state index in [1.165, 1.54) is 6.20 Å². The quantitative estimate of drug-likeness (QED) is 0.664.